The summed E-state index contributed by atoms with van der Waals surface area (Å²) in [6, 6.07) is 13.1. The van der Waals surface area contributed by atoms with Crippen molar-refractivity contribution >= 4 is 34.4 Å². The van der Waals surface area contributed by atoms with Crippen molar-refractivity contribution in [2.45, 2.75) is 26.4 Å². The van der Waals surface area contributed by atoms with Crippen molar-refractivity contribution < 1.29 is 19.2 Å². The maximum atomic E-state index is 12.3. The topological polar surface area (TPSA) is 156 Å². The van der Waals surface area contributed by atoms with E-state index in [4.69, 9.17) is 0 Å². The smallest absolute Gasteiger partial charge is 0.271 e. The first kappa shape index (κ1) is 24.9. The van der Waals surface area contributed by atoms with Crippen LogP contribution in [0.15, 0.2) is 61.1 Å². The van der Waals surface area contributed by atoms with Crippen molar-refractivity contribution in [3.05, 3.63) is 72.3 Å². The quantitative estimate of drug-likeness (QED) is 0.414. The molecule has 10 heteroatoms. The monoisotopic (exact) mass is 450 g/mol. The number of nitrogens with one attached hydrogen (secondary N) is 3. The second-order valence-electron chi connectivity index (χ2n) is 7.03. The number of hydrogen-bond acceptors (Lipinski definition) is 6. The molecular weight excluding hydrogens is 424 g/mol. The van der Waals surface area contributed by atoms with E-state index in [2.05, 4.69) is 31.7 Å². The molecule has 0 saturated heterocycles. The van der Waals surface area contributed by atoms with Gasteiger partial charge in [-0.3, -0.25) is 24.2 Å². The second-order valence-corrected chi connectivity index (χ2v) is 7.03. The zero-order chi connectivity index (χ0) is 24.2. The molecule has 1 unspecified atom stereocenters. The Hall–Kier alpha value is -4.34. The molecule has 33 heavy (non-hydrogen) atoms. The van der Waals surface area contributed by atoms with Gasteiger partial charge in [-0.05, 0) is 23.3 Å². The molecule has 1 heterocycles. The van der Waals surface area contributed by atoms with Crippen molar-refractivity contribution in [2.75, 3.05) is 6.54 Å². The summed E-state index contributed by atoms with van der Waals surface area (Å²) in [6.07, 6.45) is 4.13. The van der Waals surface area contributed by atoms with Gasteiger partial charge in [-0.25, -0.2) is 4.98 Å². The van der Waals surface area contributed by atoms with Gasteiger partial charge in [0.2, 0.25) is 17.7 Å². The van der Waals surface area contributed by atoms with Crippen LogP contribution in [0.25, 0.3) is 10.8 Å². The Morgan fingerprint density at radius 2 is 1.70 bits per heavy atom. The van der Waals surface area contributed by atoms with Crippen LogP contribution in [0.3, 0.4) is 0 Å². The molecule has 0 radical (unpaired) electrons. The number of carbonyl (C=O) groups is 4. The van der Waals surface area contributed by atoms with Gasteiger partial charge in [-0.15, -0.1) is 0 Å². The largest absolute Gasteiger partial charge is 0.370 e. The summed E-state index contributed by atoms with van der Waals surface area (Å²) in [7, 11) is 0. The number of amides is 4. The van der Waals surface area contributed by atoms with Crippen LogP contribution < -0.4 is 21.7 Å². The first-order valence-electron chi connectivity index (χ1n) is 10.1. The molecule has 0 fully saturated rings. The lowest BCUT2D eigenvalue weighted by atomic mass is 10.0. The Bertz CT molecular complexity index is 1110. The van der Waals surface area contributed by atoms with Crippen LogP contribution in [0.5, 0.6) is 0 Å². The first-order valence-corrected chi connectivity index (χ1v) is 10.1. The third-order valence-corrected chi connectivity index (χ3v) is 4.31. The van der Waals surface area contributed by atoms with E-state index in [0.717, 1.165) is 16.3 Å². The van der Waals surface area contributed by atoms with Crippen molar-refractivity contribution in [3.8, 4) is 0 Å². The first-order chi connectivity index (χ1) is 15.8. The van der Waals surface area contributed by atoms with Crippen molar-refractivity contribution in [1.29, 1.82) is 0 Å². The molecule has 1 atom stereocenters. The second kappa shape index (κ2) is 12.5. The van der Waals surface area contributed by atoms with E-state index in [1.807, 2.05) is 42.5 Å². The Kier molecular flexibility index (Phi) is 9.44. The summed E-state index contributed by atoms with van der Waals surface area (Å²) in [5.41, 5.74) is 5.58. The molecule has 10 nitrogen and oxygen atoms in total. The zero-order valence-corrected chi connectivity index (χ0v) is 18.4. The highest BCUT2D eigenvalue weighted by atomic mass is 16.2. The van der Waals surface area contributed by atoms with Gasteiger partial charge < -0.3 is 21.7 Å². The highest BCUT2D eigenvalue weighted by molar-refractivity contribution is 5.95. The predicted octanol–water partition coefficient (Wildman–Crippen LogP) is 0.672. The third-order valence-electron chi connectivity index (χ3n) is 4.31. The molecule has 0 aliphatic carbocycles. The van der Waals surface area contributed by atoms with Crippen LogP contribution in [0, 0.1) is 0 Å². The Morgan fingerprint density at radius 3 is 2.39 bits per heavy atom. The number of benzene rings is 2. The number of primary amides is 1. The van der Waals surface area contributed by atoms with Gasteiger partial charge in [0.05, 0.1) is 12.7 Å². The lowest BCUT2D eigenvalue weighted by Crippen LogP contribution is -2.47. The minimum Gasteiger partial charge on any atom is -0.370 e. The third kappa shape index (κ3) is 8.37. The molecule has 0 spiro atoms. The number of aromatic nitrogens is 2. The maximum absolute atomic E-state index is 12.3. The van der Waals surface area contributed by atoms with Crippen molar-refractivity contribution in [3.63, 3.8) is 0 Å². The van der Waals surface area contributed by atoms with Crippen molar-refractivity contribution in [1.82, 2.24) is 25.9 Å². The summed E-state index contributed by atoms with van der Waals surface area (Å²) >= 11 is 0. The molecule has 3 rings (SSSR count). The Labute approximate surface area is 191 Å². The molecule has 5 N–H and O–H groups in total. The number of nitrogens with zero attached hydrogens (tertiary/aromatic N) is 2. The molecule has 0 aliphatic rings. The van der Waals surface area contributed by atoms with Crippen LogP contribution in [0.2, 0.25) is 0 Å². The van der Waals surface area contributed by atoms with Gasteiger partial charge in [0, 0.05) is 25.9 Å². The molecule has 3 aromatic rings. The molecule has 0 saturated carbocycles. The lowest BCUT2D eigenvalue weighted by molar-refractivity contribution is -0.128. The van der Waals surface area contributed by atoms with Gasteiger partial charge in [-0.1, -0.05) is 42.5 Å². The highest BCUT2D eigenvalue weighted by Crippen LogP contribution is 2.18. The fourth-order valence-electron chi connectivity index (χ4n) is 2.81. The van der Waals surface area contributed by atoms with E-state index in [0.29, 0.717) is 6.54 Å². The number of rotatable bonds is 7. The van der Waals surface area contributed by atoms with Crippen LogP contribution in [-0.4, -0.2) is 46.2 Å². The van der Waals surface area contributed by atoms with Gasteiger partial charge in [0.25, 0.3) is 5.91 Å². The molecule has 172 valence electrons. The van der Waals surface area contributed by atoms with E-state index in [9.17, 15) is 19.2 Å². The van der Waals surface area contributed by atoms with Gasteiger partial charge in [0.15, 0.2) is 0 Å². The number of nitrogens with two attached hydrogens (primary N) is 1. The van der Waals surface area contributed by atoms with Crippen LogP contribution in [0.1, 0.15) is 29.9 Å². The molecule has 2 aromatic carbocycles. The van der Waals surface area contributed by atoms with E-state index >= 15 is 0 Å². The fourth-order valence-corrected chi connectivity index (χ4v) is 2.81. The maximum Gasteiger partial charge on any atom is 0.271 e. The Balaban J connectivity index is 0.000000890. The summed E-state index contributed by atoms with van der Waals surface area (Å²) in [5.74, 6) is -1.64. The van der Waals surface area contributed by atoms with Gasteiger partial charge >= 0.3 is 0 Å². The lowest BCUT2D eigenvalue weighted by Gasteiger charge is -2.15. The van der Waals surface area contributed by atoms with Crippen LogP contribution in [-0.2, 0) is 20.9 Å². The van der Waals surface area contributed by atoms with E-state index in [1.165, 1.54) is 25.5 Å². The average molecular weight is 450 g/mol. The average Bonchev–Trinajstić information content (AvgIpc) is 2.81. The number of carbonyl (C=O) groups excluding carboxylic acids is 4. The SMILES string of the molecule is CC(N)=O.CC(NC(=O)CNC(=O)c1cnccn1)C(=O)NCc1cccc2ccccc12. The molecule has 4 amide bonds. The summed E-state index contributed by atoms with van der Waals surface area (Å²) < 4.78 is 0. The summed E-state index contributed by atoms with van der Waals surface area (Å²) in [4.78, 5) is 53.0. The predicted molar refractivity (Wildman–Crippen MR) is 123 cm³/mol. The zero-order valence-electron chi connectivity index (χ0n) is 18.4. The van der Waals surface area contributed by atoms with Crippen LogP contribution >= 0.6 is 0 Å². The Morgan fingerprint density at radius 1 is 1.00 bits per heavy atom. The summed E-state index contributed by atoms with van der Waals surface area (Å²) in [6.45, 7) is 2.97. The van der Waals surface area contributed by atoms with Gasteiger partial charge in [0.1, 0.15) is 11.7 Å². The van der Waals surface area contributed by atoms with E-state index in [1.54, 1.807) is 6.92 Å². The van der Waals surface area contributed by atoms with E-state index in [-0.39, 0.29) is 24.1 Å². The molecular formula is C23H26N6O4. The van der Waals surface area contributed by atoms with Gasteiger partial charge in [-0.2, -0.15) is 0 Å². The number of fused-ring (bicyclic) bond motifs is 1. The minimum absolute atomic E-state index is 0.112. The van der Waals surface area contributed by atoms with Crippen LogP contribution in [0.4, 0.5) is 0 Å². The minimum atomic E-state index is -0.745. The molecule has 0 aliphatic heterocycles. The van der Waals surface area contributed by atoms with E-state index < -0.39 is 17.9 Å². The summed E-state index contributed by atoms with van der Waals surface area (Å²) in [5, 5.41) is 9.99. The van der Waals surface area contributed by atoms with Crippen molar-refractivity contribution in [2.24, 2.45) is 5.73 Å². The highest BCUT2D eigenvalue weighted by Gasteiger charge is 2.16. The number of hydrogen-bond donors (Lipinski definition) is 4. The fraction of sp³-hybridized carbons (Fsp3) is 0.217. The molecule has 0 bridgehead atoms. The normalized spacial score (nSPS) is 10.8. The molecule has 1 aromatic heterocycles. The standard InChI is InChI=1S/C21H21N5O3.C2H5NO/c1-14(26-19(27)13-25-21(29)18-12-22-9-10-23-18)20(28)24-11-16-7-4-6-15-5-2-3-8-17(15)16;1-2(3)4/h2-10,12,14H,11,13H2,1H3,(H,24,28)(H,25,29)(H,26,27);1H3,(H2,3,4).